The third-order valence-corrected chi connectivity index (χ3v) is 4.60. The molecule has 110 valence electrons. The van der Waals surface area contributed by atoms with Crippen LogP contribution in [0.15, 0.2) is 39.7 Å². The van der Waals surface area contributed by atoms with Crippen molar-refractivity contribution in [3.05, 3.63) is 40.4 Å². The van der Waals surface area contributed by atoms with Crippen LogP contribution in [0.5, 0.6) is 0 Å². The van der Waals surface area contributed by atoms with Crippen molar-refractivity contribution >= 4 is 31.9 Å². The number of carbonyl (C=O) groups excluding carboxylic acids is 1. The number of carbonyl (C=O) groups is 1. The van der Waals surface area contributed by atoms with Gasteiger partial charge in [-0.15, -0.1) is 0 Å². The average molecular weight is 362 g/mol. The Labute approximate surface area is 127 Å². The summed E-state index contributed by atoms with van der Waals surface area (Å²) in [4.78, 5) is 11.3. The largest absolute Gasteiger partial charge is 0.465 e. The zero-order chi connectivity index (χ0) is 15.2. The van der Waals surface area contributed by atoms with Crippen LogP contribution in [0, 0.1) is 6.92 Å². The van der Waals surface area contributed by atoms with Gasteiger partial charge in [0.1, 0.15) is 0 Å². The minimum atomic E-state index is -3.51. The number of methoxy groups -OCH3 is 1. The molecular formula is C13H16BrNO4S. The van der Waals surface area contributed by atoms with Gasteiger partial charge in [0.2, 0.25) is 10.0 Å². The Morgan fingerprint density at radius 1 is 1.35 bits per heavy atom. The van der Waals surface area contributed by atoms with Gasteiger partial charge in [0.25, 0.3) is 0 Å². The van der Waals surface area contributed by atoms with E-state index in [1.807, 2.05) is 6.92 Å². The van der Waals surface area contributed by atoms with E-state index in [4.69, 9.17) is 0 Å². The number of esters is 1. The van der Waals surface area contributed by atoms with Crippen molar-refractivity contribution in [3.63, 3.8) is 0 Å². The number of ether oxygens (including phenoxy) is 1. The first-order chi connectivity index (χ1) is 9.36. The molecule has 1 aromatic rings. The van der Waals surface area contributed by atoms with Crippen LogP contribution in [0.2, 0.25) is 0 Å². The standard InChI is InChI=1S/C13H16BrNO4S/c1-10-5-7-11(8-6-10)20(17,18)15-9-3-4-12(14)13(16)19-2/h4-8,15H,3,9H2,1-2H3/b12-4-. The summed E-state index contributed by atoms with van der Waals surface area (Å²) in [7, 11) is -2.24. The Kier molecular flexibility index (Phi) is 6.38. The summed E-state index contributed by atoms with van der Waals surface area (Å²) in [5.74, 6) is -0.494. The first-order valence-electron chi connectivity index (χ1n) is 5.87. The highest BCUT2D eigenvalue weighted by molar-refractivity contribution is 9.12. The first kappa shape index (κ1) is 16.9. The molecule has 0 aliphatic carbocycles. The summed E-state index contributed by atoms with van der Waals surface area (Å²) in [5.41, 5.74) is 0.994. The highest BCUT2D eigenvalue weighted by Crippen LogP contribution is 2.10. The molecule has 0 atom stereocenters. The molecule has 1 aromatic carbocycles. The lowest BCUT2D eigenvalue weighted by Gasteiger charge is -2.06. The van der Waals surface area contributed by atoms with Gasteiger partial charge in [-0.1, -0.05) is 23.8 Å². The lowest BCUT2D eigenvalue weighted by Crippen LogP contribution is -2.24. The fraction of sp³-hybridized carbons (Fsp3) is 0.308. The van der Waals surface area contributed by atoms with Gasteiger partial charge in [-0.05, 0) is 41.4 Å². The third-order valence-electron chi connectivity index (χ3n) is 2.47. The lowest BCUT2D eigenvalue weighted by atomic mass is 10.2. The molecule has 0 bridgehead atoms. The van der Waals surface area contributed by atoms with Crippen LogP contribution in [-0.2, 0) is 19.6 Å². The summed E-state index contributed by atoms with van der Waals surface area (Å²) >= 11 is 3.05. The predicted molar refractivity (Wildman–Crippen MR) is 80.0 cm³/mol. The molecule has 0 unspecified atom stereocenters. The van der Waals surface area contributed by atoms with E-state index in [1.165, 1.54) is 7.11 Å². The van der Waals surface area contributed by atoms with Gasteiger partial charge < -0.3 is 4.74 Å². The number of benzene rings is 1. The highest BCUT2D eigenvalue weighted by Gasteiger charge is 2.12. The van der Waals surface area contributed by atoms with Crippen molar-refractivity contribution in [2.24, 2.45) is 0 Å². The topological polar surface area (TPSA) is 72.5 Å². The van der Waals surface area contributed by atoms with Gasteiger partial charge in [0, 0.05) is 6.54 Å². The van der Waals surface area contributed by atoms with Gasteiger partial charge in [-0.3, -0.25) is 0 Å². The van der Waals surface area contributed by atoms with Crippen LogP contribution in [0.3, 0.4) is 0 Å². The lowest BCUT2D eigenvalue weighted by molar-refractivity contribution is -0.135. The molecule has 20 heavy (non-hydrogen) atoms. The Hall–Kier alpha value is -1.18. The maximum atomic E-state index is 11.9. The van der Waals surface area contributed by atoms with E-state index < -0.39 is 16.0 Å². The van der Waals surface area contributed by atoms with E-state index >= 15 is 0 Å². The Bertz CT molecular complexity index is 593. The summed E-state index contributed by atoms with van der Waals surface area (Å²) < 4.78 is 31.1. The molecule has 1 rings (SSSR count). The summed E-state index contributed by atoms with van der Waals surface area (Å²) in [5, 5.41) is 0. The molecule has 0 radical (unpaired) electrons. The zero-order valence-corrected chi connectivity index (χ0v) is 13.6. The van der Waals surface area contributed by atoms with Crippen LogP contribution in [0.4, 0.5) is 0 Å². The van der Waals surface area contributed by atoms with E-state index in [-0.39, 0.29) is 15.9 Å². The van der Waals surface area contributed by atoms with Crippen molar-refractivity contribution in [2.75, 3.05) is 13.7 Å². The molecule has 0 fully saturated rings. The van der Waals surface area contributed by atoms with Gasteiger partial charge in [0.15, 0.2) is 0 Å². The van der Waals surface area contributed by atoms with Gasteiger partial charge >= 0.3 is 5.97 Å². The van der Waals surface area contributed by atoms with E-state index in [9.17, 15) is 13.2 Å². The van der Waals surface area contributed by atoms with Crippen molar-refractivity contribution in [1.82, 2.24) is 4.72 Å². The van der Waals surface area contributed by atoms with Crippen LogP contribution in [0.1, 0.15) is 12.0 Å². The minimum absolute atomic E-state index is 0.197. The van der Waals surface area contributed by atoms with Gasteiger partial charge in [-0.25, -0.2) is 17.9 Å². The van der Waals surface area contributed by atoms with Gasteiger partial charge in [0.05, 0.1) is 16.5 Å². The minimum Gasteiger partial charge on any atom is -0.465 e. The van der Waals surface area contributed by atoms with Crippen LogP contribution in [0.25, 0.3) is 0 Å². The third kappa shape index (κ3) is 5.07. The smallest absolute Gasteiger partial charge is 0.344 e. The maximum absolute atomic E-state index is 11.9. The number of rotatable bonds is 6. The van der Waals surface area contributed by atoms with Crippen LogP contribution in [-0.4, -0.2) is 28.0 Å². The Morgan fingerprint density at radius 3 is 2.50 bits per heavy atom. The molecule has 0 aliphatic heterocycles. The monoisotopic (exact) mass is 361 g/mol. The molecule has 0 amide bonds. The van der Waals surface area contributed by atoms with E-state index in [1.54, 1.807) is 30.3 Å². The zero-order valence-electron chi connectivity index (χ0n) is 11.2. The molecule has 0 saturated carbocycles. The number of hydrogen-bond donors (Lipinski definition) is 1. The van der Waals surface area contributed by atoms with Gasteiger partial charge in [-0.2, -0.15) is 0 Å². The van der Waals surface area contributed by atoms with Crippen molar-refractivity contribution in [1.29, 1.82) is 0 Å². The normalized spacial score (nSPS) is 12.2. The second-order valence-electron chi connectivity index (χ2n) is 4.04. The Morgan fingerprint density at radius 2 is 1.95 bits per heavy atom. The molecule has 0 aliphatic rings. The molecule has 1 N–H and O–H groups in total. The summed E-state index contributed by atoms with van der Waals surface area (Å²) in [6.07, 6.45) is 1.93. The van der Waals surface area contributed by atoms with E-state index in [0.717, 1.165) is 5.56 Å². The quantitative estimate of drug-likeness (QED) is 0.478. The molecule has 7 heteroatoms. The number of sulfonamides is 1. The molecular weight excluding hydrogens is 346 g/mol. The summed E-state index contributed by atoms with van der Waals surface area (Å²) in [6.45, 7) is 2.08. The predicted octanol–water partition coefficient (Wildman–Crippen LogP) is 2.12. The molecule has 0 heterocycles. The second-order valence-corrected chi connectivity index (χ2v) is 6.66. The highest BCUT2D eigenvalue weighted by atomic mass is 79.9. The van der Waals surface area contributed by atoms with Crippen molar-refractivity contribution < 1.29 is 17.9 Å². The molecule has 0 saturated heterocycles. The number of hydrogen-bond acceptors (Lipinski definition) is 4. The average Bonchev–Trinajstić information content (AvgIpc) is 2.43. The van der Waals surface area contributed by atoms with Crippen LogP contribution < -0.4 is 4.72 Å². The molecule has 0 aromatic heterocycles. The van der Waals surface area contributed by atoms with Crippen molar-refractivity contribution in [2.45, 2.75) is 18.2 Å². The molecule has 0 spiro atoms. The number of halogens is 1. The summed E-state index contributed by atoms with van der Waals surface area (Å²) in [6, 6.07) is 6.58. The SMILES string of the molecule is COC(=O)/C(Br)=C/CCNS(=O)(=O)c1ccc(C)cc1. The van der Waals surface area contributed by atoms with E-state index in [2.05, 4.69) is 25.4 Å². The fourth-order valence-electron chi connectivity index (χ4n) is 1.37. The van der Waals surface area contributed by atoms with E-state index in [0.29, 0.717) is 6.42 Å². The number of nitrogens with one attached hydrogen (secondary N) is 1. The fourth-order valence-corrected chi connectivity index (χ4v) is 2.81. The van der Waals surface area contributed by atoms with Crippen molar-refractivity contribution in [3.8, 4) is 0 Å². The maximum Gasteiger partial charge on any atom is 0.344 e. The first-order valence-corrected chi connectivity index (χ1v) is 8.15. The van der Waals surface area contributed by atoms with Crippen LogP contribution >= 0.6 is 15.9 Å². The number of aryl methyl sites for hydroxylation is 1. The molecule has 5 nitrogen and oxygen atoms in total. The Balaban J connectivity index is 2.57. The second kappa shape index (κ2) is 7.56.